The van der Waals surface area contributed by atoms with Crippen LogP contribution in [-0.4, -0.2) is 31.9 Å². The fraction of sp³-hybridized carbons (Fsp3) is 0.235. The molecule has 0 aromatic heterocycles. The van der Waals surface area contributed by atoms with Crippen molar-refractivity contribution < 1.29 is 26.4 Å². The van der Waals surface area contributed by atoms with Gasteiger partial charge in [-0.15, -0.1) is 0 Å². The number of hydrogen-bond donors (Lipinski definition) is 1. The quantitative estimate of drug-likeness (QED) is 0.858. The topological polar surface area (TPSA) is 66.5 Å². The summed E-state index contributed by atoms with van der Waals surface area (Å²) in [6.45, 7) is 0. The van der Waals surface area contributed by atoms with Crippen LogP contribution in [0.2, 0.25) is 0 Å². The van der Waals surface area contributed by atoms with Crippen LogP contribution in [0.5, 0.6) is 0 Å². The lowest BCUT2D eigenvalue weighted by Crippen LogP contribution is -2.38. The average Bonchev–Trinajstić information content (AvgIpc) is 2.54. The number of rotatable bonds is 5. The van der Waals surface area contributed by atoms with Crippen LogP contribution in [0.15, 0.2) is 54.6 Å². The first-order chi connectivity index (χ1) is 12.0. The molecule has 26 heavy (non-hydrogen) atoms. The second-order valence-electron chi connectivity index (χ2n) is 5.66. The lowest BCUT2D eigenvalue weighted by molar-refractivity contribution is -0.137. The monoisotopic (exact) mass is 386 g/mol. The zero-order chi connectivity index (χ0) is 19.5. The van der Waals surface area contributed by atoms with Crippen LogP contribution >= 0.6 is 0 Å². The Kier molecular flexibility index (Phi) is 5.72. The van der Waals surface area contributed by atoms with Gasteiger partial charge in [0.15, 0.2) is 0 Å². The lowest BCUT2D eigenvalue weighted by atomic mass is 10.1. The number of alkyl halides is 3. The van der Waals surface area contributed by atoms with E-state index in [4.69, 9.17) is 0 Å². The summed E-state index contributed by atoms with van der Waals surface area (Å²) in [4.78, 5) is 12.7. The van der Waals surface area contributed by atoms with Gasteiger partial charge in [-0.3, -0.25) is 4.79 Å². The predicted molar refractivity (Wildman–Crippen MR) is 91.9 cm³/mol. The first-order valence-electron chi connectivity index (χ1n) is 7.46. The predicted octanol–water partition coefficient (Wildman–Crippen LogP) is 3.28. The van der Waals surface area contributed by atoms with Crippen molar-refractivity contribution in [3.8, 4) is 0 Å². The highest BCUT2D eigenvalue weighted by atomic mass is 32.2. The summed E-state index contributed by atoms with van der Waals surface area (Å²) in [6.07, 6.45) is -3.61. The molecule has 0 saturated heterocycles. The highest BCUT2D eigenvalue weighted by Crippen LogP contribution is 2.31. The number of carbonyl (C=O) groups excluding carboxylic acids is 1. The third-order valence-corrected chi connectivity index (χ3v) is 4.96. The molecule has 1 N–H and O–H groups in total. The van der Waals surface area contributed by atoms with E-state index in [1.807, 2.05) is 0 Å². The summed E-state index contributed by atoms with van der Waals surface area (Å²) in [6, 6.07) is 11.0. The number of nitrogens with zero attached hydrogens (tertiary/aromatic N) is 1. The summed E-state index contributed by atoms with van der Waals surface area (Å²) in [5, 5.41) is 2.36. The normalized spacial score (nSPS) is 13.5. The molecule has 0 heterocycles. The summed E-state index contributed by atoms with van der Waals surface area (Å²) in [5.74, 6) is -0.761. The van der Waals surface area contributed by atoms with Crippen LogP contribution < -0.4 is 5.32 Å². The molecule has 0 bridgehead atoms. The van der Waals surface area contributed by atoms with Crippen molar-refractivity contribution in [3.05, 3.63) is 65.7 Å². The Hall–Kier alpha value is -2.39. The number of hydrogen-bond acceptors (Lipinski definition) is 3. The Balaban J connectivity index is 2.36. The fourth-order valence-electron chi connectivity index (χ4n) is 2.34. The van der Waals surface area contributed by atoms with E-state index in [1.165, 1.54) is 13.1 Å². The summed E-state index contributed by atoms with van der Waals surface area (Å²) in [7, 11) is -2.49. The molecule has 0 radical (unpaired) electrons. The van der Waals surface area contributed by atoms with Crippen molar-refractivity contribution in [2.24, 2.45) is 0 Å². The van der Waals surface area contributed by atoms with Gasteiger partial charge in [-0.1, -0.05) is 36.4 Å². The molecule has 0 spiro atoms. The number of nitrogens with one attached hydrogen (secondary N) is 1. The highest BCUT2D eigenvalue weighted by molar-refractivity contribution is 7.88. The van der Waals surface area contributed by atoms with Crippen LogP contribution in [0.1, 0.15) is 17.2 Å². The van der Waals surface area contributed by atoms with Gasteiger partial charge in [-0.2, -0.15) is 17.5 Å². The molecular weight excluding hydrogens is 369 g/mol. The van der Waals surface area contributed by atoms with E-state index in [2.05, 4.69) is 5.32 Å². The molecule has 9 heteroatoms. The van der Waals surface area contributed by atoms with Gasteiger partial charge in [0.1, 0.15) is 6.04 Å². The number of anilines is 1. The number of likely N-dealkylation sites (N-methyl/N-ethyl adjacent to an activating group) is 1. The number of benzene rings is 2. The average molecular weight is 386 g/mol. The maximum Gasteiger partial charge on any atom is 0.416 e. The van der Waals surface area contributed by atoms with Gasteiger partial charge in [0, 0.05) is 12.7 Å². The minimum absolute atomic E-state index is 0.0762. The van der Waals surface area contributed by atoms with E-state index >= 15 is 0 Å². The Bertz CT molecular complexity index is 884. The maximum atomic E-state index is 12.8. The van der Waals surface area contributed by atoms with Crippen molar-refractivity contribution in [1.82, 2.24) is 4.31 Å². The molecule has 0 aliphatic heterocycles. The minimum Gasteiger partial charge on any atom is -0.324 e. The molecule has 0 saturated carbocycles. The molecule has 2 aromatic carbocycles. The summed E-state index contributed by atoms with van der Waals surface area (Å²) < 4.78 is 63.1. The van der Waals surface area contributed by atoms with Crippen LogP contribution in [0.4, 0.5) is 18.9 Å². The van der Waals surface area contributed by atoms with E-state index in [0.29, 0.717) is 5.56 Å². The molecule has 2 rings (SSSR count). The van der Waals surface area contributed by atoms with Gasteiger partial charge in [0.05, 0.1) is 11.8 Å². The molecule has 1 amide bonds. The Morgan fingerprint density at radius 3 is 2.23 bits per heavy atom. The molecule has 5 nitrogen and oxygen atoms in total. The third kappa shape index (κ3) is 4.83. The van der Waals surface area contributed by atoms with Crippen LogP contribution in [-0.2, 0) is 21.0 Å². The Morgan fingerprint density at radius 2 is 1.69 bits per heavy atom. The van der Waals surface area contributed by atoms with E-state index in [9.17, 15) is 26.4 Å². The zero-order valence-electron chi connectivity index (χ0n) is 14.0. The second-order valence-corrected chi connectivity index (χ2v) is 7.70. The Labute approximate surface area is 149 Å². The zero-order valence-corrected chi connectivity index (χ0v) is 14.8. The number of amides is 1. The van der Waals surface area contributed by atoms with Crippen LogP contribution in [0.3, 0.4) is 0 Å². The van der Waals surface area contributed by atoms with Gasteiger partial charge in [-0.25, -0.2) is 8.42 Å². The van der Waals surface area contributed by atoms with Gasteiger partial charge in [0.25, 0.3) is 0 Å². The summed E-state index contributed by atoms with van der Waals surface area (Å²) >= 11 is 0. The van der Waals surface area contributed by atoms with Crippen molar-refractivity contribution in [1.29, 1.82) is 0 Å². The highest BCUT2D eigenvalue weighted by Gasteiger charge is 2.32. The fourth-order valence-corrected chi connectivity index (χ4v) is 2.94. The van der Waals surface area contributed by atoms with Gasteiger partial charge >= 0.3 is 6.18 Å². The Morgan fingerprint density at radius 1 is 1.08 bits per heavy atom. The SMILES string of the molecule is CN(C(C(=O)Nc1cccc(C(F)(F)F)c1)c1ccccc1)S(C)(=O)=O. The van der Waals surface area contributed by atoms with Gasteiger partial charge in [0.2, 0.25) is 15.9 Å². The molecule has 0 aliphatic carbocycles. The molecule has 2 aromatic rings. The standard InChI is InChI=1S/C17H17F3N2O3S/c1-22(26(2,24)25)15(12-7-4-3-5-8-12)16(23)21-14-10-6-9-13(11-14)17(18,19)20/h3-11,15H,1-2H3,(H,21,23). The third-order valence-electron chi connectivity index (χ3n) is 3.71. The number of halogens is 3. The first kappa shape index (κ1) is 19.9. The first-order valence-corrected chi connectivity index (χ1v) is 9.31. The second kappa shape index (κ2) is 7.46. The smallest absolute Gasteiger partial charge is 0.324 e. The molecule has 1 unspecified atom stereocenters. The molecular formula is C17H17F3N2O3S. The van der Waals surface area contributed by atoms with Crippen molar-refractivity contribution in [3.63, 3.8) is 0 Å². The summed E-state index contributed by atoms with van der Waals surface area (Å²) in [5.41, 5.74) is -0.597. The molecule has 140 valence electrons. The molecule has 0 aliphatic rings. The maximum absolute atomic E-state index is 12.8. The van der Waals surface area contributed by atoms with Crippen molar-refractivity contribution >= 4 is 21.6 Å². The van der Waals surface area contributed by atoms with E-state index in [1.54, 1.807) is 30.3 Å². The van der Waals surface area contributed by atoms with E-state index in [0.717, 1.165) is 28.8 Å². The molecule has 1 atom stereocenters. The largest absolute Gasteiger partial charge is 0.416 e. The number of sulfonamides is 1. The van der Waals surface area contributed by atoms with Crippen molar-refractivity contribution in [2.75, 3.05) is 18.6 Å². The van der Waals surface area contributed by atoms with Crippen LogP contribution in [0, 0.1) is 0 Å². The lowest BCUT2D eigenvalue weighted by Gasteiger charge is -2.25. The van der Waals surface area contributed by atoms with Crippen LogP contribution in [0.25, 0.3) is 0 Å². The van der Waals surface area contributed by atoms with E-state index in [-0.39, 0.29) is 5.69 Å². The van der Waals surface area contributed by atoms with E-state index < -0.39 is 33.7 Å². The minimum atomic E-state index is -4.55. The van der Waals surface area contributed by atoms with Crippen molar-refractivity contribution in [2.45, 2.75) is 12.2 Å². The van der Waals surface area contributed by atoms with Gasteiger partial charge < -0.3 is 5.32 Å². The van der Waals surface area contributed by atoms with Gasteiger partial charge in [-0.05, 0) is 23.8 Å². The molecule has 0 fully saturated rings. The number of carbonyl (C=O) groups is 1.